The Balaban J connectivity index is 2.03. The van der Waals surface area contributed by atoms with Crippen molar-refractivity contribution in [1.82, 2.24) is 10.1 Å². The summed E-state index contributed by atoms with van der Waals surface area (Å²) in [5.74, 6) is 1.88. The lowest BCUT2D eigenvalue weighted by atomic mass is 10.3. The second-order valence-electron chi connectivity index (χ2n) is 3.81. The molecule has 0 amide bonds. The van der Waals surface area contributed by atoms with Crippen LogP contribution in [-0.4, -0.2) is 16.7 Å². The lowest BCUT2D eigenvalue weighted by Crippen LogP contribution is -2.04. The first-order valence-electron chi connectivity index (χ1n) is 5.74. The summed E-state index contributed by atoms with van der Waals surface area (Å²) in [4.78, 5) is 4.26. The zero-order valence-corrected chi connectivity index (χ0v) is 10.4. The van der Waals surface area contributed by atoms with Crippen molar-refractivity contribution in [2.24, 2.45) is 0 Å². The van der Waals surface area contributed by atoms with Gasteiger partial charge < -0.3 is 20.3 Å². The molecule has 2 aromatic rings. The monoisotopic (exact) mass is 248 g/mol. The van der Waals surface area contributed by atoms with Crippen molar-refractivity contribution in [3.05, 3.63) is 29.7 Å². The van der Waals surface area contributed by atoms with Gasteiger partial charge in [0.1, 0.15) is 5.82 Å². The SMILES string of the molecule is CCOc1nc(NCc2cc(C)no2)ccc1N. The fourth-order valence-electron chi connectivity index (χ4n) is 1.48. The Labute approximate surface area is 105 Å². The van der Waals surface area contributed by atoms with Crippen LogP contribution in [0.3, 0.4) is 0 Å². The first-order chi connectivity index (χ1) is 8.69. The minimum absolute atomic E-state index is 0.441. The minimum atomic E-state index is 0.441. The molecule has 0 aromatic carbocycles. The number of rotatable bonds is 5. The van der Waals surface area contributed by atoms with Crippen LogP contribution in [0.4, 0.5) is 11.5 Å². The van der Waals surface area contributed by atoms with E-state index in [4.69, 9.17) is 15.0 Å². The summed E-state index contributed by atoms with van der Waals surface area (Å²) in [6.45, 7) is 4.81. The van der Waals surface area contributed by atoms with Crippen molar-refractivity contribution in [2.75, 3.05) is 17.7 Å². The van der Waals surface area contributed by atoms with E-state index in [0.29, 0.717) is 30.5 Å². The van der Waals surface area contributed by atoms with Crippen LogP contribution in [0.2, 0.25) is 0 Å². The molecule has 3 N–H and O–H groups in total. The number of anilines is 2. The second-order valence-corrected chi connectivity index (χ2v) is 3.81. The summed E-state index contributed by atoms with van der Waals surface area (Å²) in [6, 6.07) is 5.42. The van der Waals surface area contributed by atoms with Crippen molar-refractivity contribution in [3.8, 4) is 5.88 Å². The van der Waals surface area contributed by atoms with Gasteiger partial charge in [0.15, 0.2) is 5.76 Å². The van der Waals surface area contributed by atoms with Gasteiger partial charge in [0, 0.05) is 6.07 Å². The lowest BCUT2D eigenvalue weighted by molar-refractivity contribution is 0.329. The molecule has 6 nitrogen and oxygen atoms in total. The summed E-state index contributed by atoms with van der Waals surface area (Å²) < 4.78 is 10.4. The molecule has 0 aliphatic rings. The first kappa shape index (κ1) is 12.2. The van der Waals surface area contributed by atoms with E-state index >= 15 is 0 Å². The van der Waals surface area contributed by atoms with Gasteiger partial charge in [0.25, 0.3) is 0 Å². The maximum absolute atomic E-state index is 5.74. The van der Waals surface area contributed by atoms with Crippen molar-refractivity contribution in [3.63, 3.8) is 0 Å². The van der Waals surface area contributed by atoms with Crippen LogP contribution in [0.25, 0.3) is 0 Å². The van der Waals surface area contributed by atoms with Gasteiger partial charge in [0.2, 0.25) is 5.88 Å². The summed E-state index contributed by atoms with van der Waals surface area (Å²) in [5.41, 5.74) is 7.12. The number of nitrogens with one attached hydrogen (secondary N) is 1. The smallest absolute Gasteiger partial charge is 0.239 e. The Morgan fingerprint density at radius 2 is 2.28 bits per heavy atom. The average molecular weight is 248 g/mol. The zero-order chi connectivity index (χ0) is 13.0. The van der Waals surface area contributed by atoms with Crippen molar-refractivity contribution >= 4 is 11.5 Å². The number of aryl methyl sites for hydroxylation is 1. The number of aromatic nitrogens is 2. The third-order valence-electron chi connectivity index (χ3n) is 2.29. The number of hydrogen-bond acceptors (Lipinski definition) is 6. The Morgan fingerprint density at radius 1 is 1.44 bits per heavy atom. The molecule has 0 radical (unpaired) electrons. The van der Waals surface area contributed by atoms with Gasteiger partial charge in [-0.05, 0) is 26.0 Å². The Bertz CT molecular complexity index is 525. The number of nitrogens with zero attached hydrogens (tertiary/aromatic N) is 2. The van der Waals surface area contributed by atoms with Crippen LogP contribution in [-0.2, 0) is 6.54 Å². The van der Waals surface area contributed by atoms with Crippen LogP contribution < -0.4 is 15.8 Å². The molecule has 2 aromatic heterocycles. The molecule has 96 valence electrons. The number of nitrogens with two attached hydrogens (primary N) is 1. The molecule has 0 saturated carbocycles. The van der Waals surface area contributed by atoms with E-state index in [1.54, 1.807) is 12.1 Å². The van der Waals surface area contributed by atoms with Gasteiger partial charge in [-0.15, -0.1) is 0 Å². The van der Waals surface area contributed by atoms with Crippen LogP contribution in [0.5, 0.6) is 5.88 Å². The molecule has 18 heavy (non-hydrogen) atoms. The van der Waals surface area contributed by atoms with Gasteiger partial charge in [0.05, 0.1) is 24.5 Å². The van der Waals surface area contributed by atoms with E-state index in [1.807, 2.05) is 19.9 Å². The third-order valence-corrected chi connectivity index (χ3v) is 2.29. The molecule has 2 heterocycles. The van der Waals surface area contributed by atoms with Crippen molar-refractivity contribution in [1.29, 1.82) is 0 Å². The quantitative estimate of drug-likeness (QED) is 0.841. The molecule has 0 fully saturated rings. The van der Waals surface area contributed by atoms with Crippen LogP contribution in [0, 0.1) is 6.92 Å². The largest absolute Gasteiger partial charge is 0.476 e. The molecule has 0 saturated heterocycles. The topological polar surface area (TPSA) is 86.2 Å². The summed E-state index contributed by atoms with van der Waals surface area (Å²) in [6.07, 6.45) is 0. The molecule has 0 atom stereocenters. The fourth-order valence-corrected chi connectivity index (χ4v) is 1.48. The Hall–Kier alpha value is -2.24. The highest BCUT2D eigenvalue weighted by Crippen LogP contribution is 2.21. The van der Waals surface area contributed by atoms with E-state index in [1.165, 1.54) is 0 Å². The van der Waals surface area contributed by atoms with Gasteiger partial charge in [-0.25, -0.2) is 0 Å². The van der Waals surface area contributed by atoms with Crippen molar-refractivity contribution < 1.29 is 9.26 Å². The fraction of sp³-hybridized carbons (Fsp3) is 0.333. The van der Waals surface area contributed by atoms with E-state index < -0.39 is 0 Å². The maximum Gasteiger partial charge on any atom is 0.239 e. The van der Waals surface area contributed by atoms with Gasteiger partial charge in [-0.3, -0.25) is 0 Å². The molecule has 6 heteroatoms. The van der Waals surface area contributed by atoms with Gasteiger partial charge in [-0.1, -0.05) is 5.16 Å². The Kier molecular flexibility index (Phi) is 3.66. The first-order valence-corrected chi connectivity index (χ1v) is 5.74. The molecule has 0 aliphatic carbocycles. The average Bonchev–Trinajstić information content (AvgIpc) is 2.76. The van der Waals surface area contributed by atoms with E-state index in [0.717, 1.165) is 11.5 Å². The highest BCUT2D eigenvalue weighted by molar-refractivity contribution is 5.53. The highest BCUT2D eigenvalue weighted by Gasteiger charge is 2.05. The molecule has 0 spiro atoms. The lowest BCUT2D eigenvalue weighted by Gasteiger charge is -2.08. The van der Waals surface area contributed by atoms with Gasteiger partial charge in [-0.2, -0.15) is 4.98 Å². The van der Waals surface area contributed by atoms with Crippen LogP contribution in [0.15, 0.2) is 22.7 Å². The predicted molar refractivity (Wildman–Crippen MR) is 68.4 cm³/mol. The van der Waals surface area contributed by atoms with E-state index in [-0.39, 0.29) is 0 Å². The summed E-state index contributed by atoms with van der Waals surface area (Å²) >= 11 is 0. The molecule has 0 bridgehead atoms. The maximum atomic E-state index is 5.74. The summed E-state index contributed by atoms with van der Waals surface area (Å²) in [7, 11) is 0. The van der Waals surface area contributed by atoms with E-state index in [2.05, 4.69) is 15.5 Å². The third kappa shape index (κ3) is 2.91. The molecule has 0 aliphatic heterocycles. The number of hydrogen-bond donors (Lipinski definition) is 2. The van der Waals surface area contributed by atoms with Gasteiger partial charge >= 0.3 is 0 Å². The number of nitrogen functional groups attached to an aromatic ring is 1. The van der Waals surface area contributed by atoms with E-state index in [9.17, 15) is 0 Å². The Morgan fingerprint density at radius 3 is 2.94 bits per heavy atom. The molecular formula is C12H16N4O2. The minimum Gasteiger partial charge on any atom is -0.476 e. The zero-order valence-electron chi connectivity index (χ0n) is 10.4. The number of pyridine rings is 1. The molecule has 0 unspecified atom stereocenters. The molecular weight excluding hydrogens is 232 g/mol. The predicted octanol–water partition coefficient (Wildman–Crippen LogP) is 1.97. The standard InChI is InChI=1S/C12H16N4O2/c1-3-17-12-10(13)4-5-11(15-12)14-7-9-6-8(2)16-18-9/h4-6H,3,7,13H2,1-2H3,(H,14,15). The number of ether oxygens (including phenoxy) is 1. The normalized spacial score (nSPS) is 10.3. The van der Waals surface area contributed by atoms with Crippen molar-refractivity contribution in [2.45, 2.75) is 20.4 Å². The van der Waals surface area contributed by atoms with Crippen LogP contribution in [0.1, 0.15) is 18.4 Å². The summed E-state index contributed by atoms with van der Waals surface area (Å²) in [5, 5.41) is 6.93. The second kappa shape index (κ2) is 5.39. The van der Waals surface area contributed by atoms with Crippen LogP contribution >= 0.6 is 0 Å². The highest BCUT2D eigenvalue weighted by atomic mass is 16.5. The molecule has 2 rings (SSSR count).